The maximum Gasteiger partial charge on any atom is 0.314 e. The Morgan fingerprint density at radius 1 is 1.26 bits per heavy atom. The summed E-state index contributed by atoms with van der Waals surface area (Å²) in [6.45, 7) is 1.76. The number of halogens is 3. The highest BCUT2D eigenvalue weighted by Crippen LogP contribution is 2.46. The van der Waals surface area contributed by atoms with E-state index in [2.05, 4.69) is 0 Å². The molecule has 0 heterocycles. The van der Waals surface area contributed by atoms with Gasteiger partial charge in [0.15, 0.2) is 0 Å². The fraction of sp³-hybridized carbons (Fsp3) is 0.500. The molecule has 0 spiro atoms. The standard InChI is InChI=1S/C14H15ClF2O2/c1-9-8-10(15)2-3-11(9)13(12(18)19)4-6-14(16,17)7-5-13/h2-3,8H,4-7H2,1H3,(H,18,19). The number of hydrogen-bond donors (Lipinski definition) is 1. The van der Waals surface area contributed by atoms with Crippen molar-refractivity contribution in [3.05, 3.63) is 34.3 Å². The van der Waals surface area contributed by atoms with Crippen molar-refractivity contribution in [1.82, 2.24) is 0 Å². The molecule has 0 atom stereocenters. The van der Waals surface area contributed by atoms with Crippen LogP contribution >= 0.6 is 11.6 Å². The minimum atomic E-state index is -2.75. The molecule has 1 fully saturated rings. The van der Waals surface area contributed by atoms with Crippen molar-refractivity contribution in [3.8, 4) is 0 Å². The minimum absolute atomic E-state index is 0.0438. The Bertz CT molecular complexity index is 504. The second-order valence-electron chi connectivity index (χ2n) is 5.20. The van der Waals surface area contributed by atoms with E-state index in [1.54, 1.807) is 25.1 Å². The maximum atomic E-state index is 13.3. The highest BCUT2D eigenvalue weighted by molar-refractivity contribution is 6.30. The lowest BCUT2D eigenvalue weighted by Gasteiger charge is -2.38. The molecule has 0 amide bonds. The zero-order valence-corrected chi connectivity index (χ0v) is 11.3. The number of rotatable bonds is 2. The molecule has 19 heavy (non-hydrogen) atoms. The lowest BCUT2D eigenvalue weighted by molar-refractivity contribution is -0.149. The van der Waals surface area contributed by atoms with Crippen LogP contribution in [0.4, 0.5) is 8.78 Å². The molecule has 0 radical (unpaired) electrons. The summed E-state index contributed by atoms with van der Waals surface area (Å²) in [6, 6.07) is 4.94. The third-order valence-corrected chi connectivity index (χ3v) is 4.18. The summed E-state index contributed by atoms with van der Waals surface area (Å²) in [5.41, 5.74) is 0.121. The zero-order chi connectivity index (χ0) is 14.3. The summed E-state index contributed by atoms with van der Waals surface area (Å²) in [7, 11) is 0. The van der Waals surface area contributed by atoms with Gasteiger partial charge in [0.25, 0.3) is 0 Å². The van der Waals surface area contributed by atoms with E-state index in [1.165, 1.54) is 0 Å². The molecule has 0 saturated heterocycles. The van der Waals surface area contributed by atoms with Crippen LogP contribution in [0.1, 0.15) is 36.8 Å². The lowest BCUT2D eigenvalue weighted by atomic mass is 9.67. The van der Waals surface area contributed by atoms with Crippen LogP contribution in [-0.2, 0) is 10.2 Å². The SMILES string of the molecule is Cc1cc(Cl)ccc1C1(C(=O)O)CCC(F)(F)CC1. The van der Waals surface area contributed by atoms with Crippen LogP contribution in [0.15, 0.2) is 18.2 Å². The number of hydrogen-bond acceptors (Lipinski definition) is 1. The molecular weight excluding hydrogens is 274 g/mol. The van der Waals surface area contributed by atoms with Crippen LogP contribution in [0, 0.1) is 6.92 Å². The summed E-state index contributed by atoms with van der Waals surface area (Å²) in [6.07, 6.45) is -0.863. The van der Waals surface area contributed by atoms with Gasteiger partial charge in [-0.25, -0.2) is 8.78 Å². The van der Waals surface area contributed by atoms with Gasteiger partial charge in [0.1, 0.15) is 0 Å². The monoisotopic (exact) mass is 288 g/mol. The van der Waals surface area contributed by atoms with Crippen molar-refractivity contribution in [2.24, 2.45) is 0 Å². The normalized spacial score (nSPS) is 21.1. The zero-order valence-electron chi connectivity index (χ0n) is 10.5. The van der Waals surface area contributed by atoms with Gasteiger partial charge in [0.2, 0.25) is 5.92 Å². The van der Waals surface area contributed by atoms with Crippen LogP contribution in [-0.4, -0.2) is 17.0 Å². The Hall–Kier alpha value is -1.16. The summed E-state index contributed by atoms with van der Waals surface area (Å²) in [5, 5.41) is 10.0. The molecule has 1 saturated carbocycles. The Labute approximate surface area is 115 Å². The van der Waals surface area contributed by atoms with Crippen molar-refractivity contribution in [2.45, 2.75) is 43.9 Å². The number of benzene rings is 1. The van der Waals surface area contributed by atoms with Gasteiger partial charge in [0, 0.05) is 17.9 Å². The number of carboxylic acids is 1. The van der Waals surface area contributed by atoms with E-state index in [-0.39, 0.29) is 25.7 Å². The Kier molecular flexibility index (Phi) is 3.56. The smallest absolute Gasteiger partial charge is 0.314 e. The summed E-state index contributed by atoms with van der Waals surface area (Å²) in [5.74, 6) is -3.78. The van der Waals surface area contributed by atoms with E-state index in [9.17, 15) is 18.7 Å². The first-order valence-electron chi connectivity index (χ1n) is 6.15. The molecular formula is C14H15ClF2O2. The molecule has 0 unspecified atom stereocenters. The maximum absolute atomic E-state index is 13.3. The number of alkyl halides is 2. The third kappa shape index (κ3) is 2.59. The first-order chi connectivity index (χ1) is 8.77. The van der Waals surface area contributed by atoms with Crippen molar-refractivity contribution < 1.29 is 18.7 Å². The summed E-state index contributed by atoms with van der Waals surface area (Å²) >= 11 is 5.86. The molecule has 104 valence electrons. The second kappa shape index (κ2) is 4.75. The van der Waals surface area contributed by atoms with Crippen LogP contribution in [0.3, 0.4) is 0 Å². The number of aryl methyl sites for hydroxylation is 1. The molecule has 5 heteroatoms. The lowest BCUT2D eigenvalue weighted by Crippen LogP contribution is -2.43. The van der Waals surface area contributed by atoms with Crippen LogP contribution in [0.25, 0.3) is 0 Å². The first-order valence-corrected chi connectivity index (χ1v) is 6.52. The van der Waals surface area contributed by atoms with E-state index in [4.69, 9.17) is 11.6 Å². The van der Waals surface area contributed by atoms with E-state index in [0.29, 0.717) is 10.6 Å². The molecule has 2 nitrogen and oxygen atoms in total. The third-order valence-electron chi connectivity index (χ3n) is 3.95. The quantitative estimate of drug-likeness (QED) is 0.886. The van der Waals surface area contributed by atoms with E-state index in [0.717, 1.165) is 5.56 Å². The van der Waals surface area contributed by atoms with Gasteiger partial charge in [-0.15, -0.1) is 0 Å². The fourth-order valence-electron chi connectivity index (χ4n) is 2.80. The molecule has 0 bridgehead atoms. The molecule has 1 aliphatic rings. The highest BCUT2D eigenvalue weighted by atomic mass is 35.5. The van der Waals surface area contributed by atoms with Gasteiger partial charge in [-0.05, 0) is 43.0 Å². The molecule has 0 aromatic heterocycles. The summed E-state index contributed by atoms with van der Waals surface area (Å²) < 4.78 is 26.6. The van der Waals surface area contributed by atoms with Gasteiger partial charge in [-0.1, -0.05) is 17.7 Å². The molecule has 1 aromatic rings. The number of carboxylic acid groups (broad SMARTS) is 1. The second-order valence-corrected chi connectivity index (χ2v) is 5.64. The molecule has 1 N–H and O–H groups in total. The molecule has 0 aliphatic heterocycles. The molecule has 1 aromatic carbocycles. The van der Waals surface area contributed by atoms with Gasteiger partial charge in [-0.2, -0.15) is 0 Å². The van der Waals surface area contributed by atoms with Gasteiger partial charge >= 0.3 is 5.97 Å². The number of aliphatic carboxylic acids is 1. The average molecular weight is 289 g/mol. The predicted octanol–water partition coefficient (Wildman–Crippen LogP) is 4.18. The molecule has 1 aliphatic carbocycles. The largest absolute Gasteiger partial charge is 0.481 e. The Balaban J connectivity index is 2.44. The van der Waals surface area contributed by atoms with Crippen molar-refractivity contribution >= 4 is 17.6 Å². The highest BCUT2D eigenvalue weighted by Gasteiger charge is 2.49. The van der Waals surface area contributed by atoms with Crippen molar-refractivity contribution in [1.29, 1.82) is 0 Å². The van der Waals surface area contributed by atoms with E-state index in [1.807, 2.05) is 0 Å². The minimum Gasteiger partial charge on any atom is -0.481 e. The summed E-state index contributed by atoms with van der Waals surface area (Å²) in [4.78, 5) is 11.6. The van der Waals surface area contributed by atoms with Gasteiger partial charge < -0.3 is 5.11 Å². The van der Waals surface area contributed by atoms with Crippen molar-refractivity contribution in [3.63, 3.8) is 0 Å². The Morgan fingerprint density at radius 2 is 1.84 bits per heavy atom. The van der Waals surface area contributed by atoms with Crippen molar-refractivity contribution in [2.75, 3.05) is 0 Å². The van der Waals surface area contributed by atoms with Crippen LogP contribution in [0.5, 0.6) is 0 Å². The average Bonchev–Trinajstić information content (AvgIpc) is 2.30. The van der Waals surface area contributed by atoms with E-state index >= 15 is 0 Å². The van der Waals surface area contributed by atoms with Crippen LogP contribution in [0.2, 0.25) is 5.02 Å². The van der Waals surface area contributed by atoms with Gasteiger partial charge in [0.05, 0.1) is 5.41 Å². The first kappa shape index (κ1) is 14.3. The van der Waals surface area contributed by atoms with Gasteiger partial charge in [-0.3, -0.25) is 4.79 Å². The van der Waals surface area contributed by atoms with E-state index < -0.39 is 17.3 Å². The molecule has 2 rings (SSSR count). The topological polar surface area (TPSA) is 37.3 Å². The predicted molar refractivity (Wildman–Crippen MR) is 68.9 cm³/mol. The number of carbonyl (C=O) groups is 1. The fourth-order valence-corrected chi connectivity index (χ4v) is 3.03. The Morgan fingerprint density at radius 3 is 2.32 bits per heavy atom. The van der Waals surface area contributed by atoms with Crippen LogP contribution < -0.4 is 0 Å².